The van der Waals surface area contributed by atoms with Gasteiger partial charge in [0.2, 0.25) is 0 Å². The summed E-state index contributed by atoms with van der Waals surface area (Å²) in [7, 11) is 1.76. The lowest BCUT2D eigenvalue weighted by Gasteiger charge is -2.11. The summed E-state index contributed by atoms with van der Waals surface area (Å²) in [4.78, 5) is 7.65. The Morgan fingerprint density at radius 2 is 2.08 bits per heavy atom. The fourth-order valence-corrected chi connectivity index (χ4v) is 2.69. The Kier molecular flexibility index (Phi) is 6.65. The van der Waals surface area contributed by atoms with Crippen molar-refractivity contribution in [3.8, 4) is 0 Å². The van der Waals surface area contributed by atoms with E-state index in [-0.39, 0.29) is 24.0 Å². The van der Waals surface area contributed by atoms with E-state index in [1.165, 1.54) is 22.2 Å². The van der Waals surface area contributed by atoms with E-state index < -0.39 is 0 Å². The molecule has 0 spiro atoms. The molecule has 0 aliphatic carbocycles. The van der Waals surface area contributed by atoms with Crippen molar-refractivity contribution in [3.63, 3.8) is 0 Å². The van der Waals surface area contributed by atoms with Gasteiger partial charge in [0.15, 0.2) is 5.96 Å². The van der Waals surface area contributed by atoms with Crippen molar-refractivity contribution in [2.45, 2.75) is 19.9 Å². The van der Waals surface area contributed by atoms with Gasteiger partial charge in [-0.3, -0.25) is 4.99 Å². The Morgan fingerprint density at radius 1 is 1.25 bits per heavy atom. The number of nitrogens with one attached hydrogen (secondary N) is 3. The minimum absolute atomic E-state index is 0. The van der Waals surface area contributed by atoms with Gasteiger partial charge in [-0.25, -0.2) is 0 Å². The number of aromatic amines is 1. The Bertz CT molecular complexity index is 795. The highest BCUT2D eigenvalue weighted by molar-refractivity contribution is 14.0. The fraction of sp³-hybridized carbons (Fsp3) is 0.294. The van der Waals surface area contributed by atoms with Crippen LogP contribution in [0.5, 0.6) is 0 Å². The zero-order valence-corrected chi connectivity index (χ0v) is 16.1. The first-order valence-corrected chi connectivity index (χ1v) is 7.68. The lowest BCUT2D eigenvalue weighted by atomic mass is 10.1. The van der Waals surface area contributed by atoms with Crippen LogP contribution in [0.1, 0.15) is 17.0 Å². The van der Waals surface area contributed by atoms with E-state index in [9.17, 15) is 0 Å². The molecule has 2 heterocycles. The maximum Gasteiger partial charge on any atom is 0.191 e. The van der Waals surface area contributed by atoms with Gasteiger partial charge >= 0.3 is 0 Å². The van der Waals surface area contributed by atoms with E-state index in [0.29, 0.717) is 6.54 Å². The summed E-state index contributed by atoms with van der Waals surface area (Å²) < 4.78 is 4.81. The normalized spacial score (nSPS) is 11.3. The summed E-state index contributed by atoms with van der Waals surface area (Å²) in [6, 6.07) is 10.2. The van der Waals surface area contributed by atoms with Crippen LogP contribution in [0.3, 0.4) is 0 Å². The fourth-order valence-electron chi connectivity index (χ4n) is 2.69. The van der Waals surface area contributed by atoms with Crippen LogP contribution in [0.2, 0.25) is 0 Å². The van der Waals surface area contributed by atoms with E-state index in [1.807, 2.05) is 6.07 Å². The van der Waals surface area contributed by atoms with Gasteiger partial charge < -0.3 is 20.1 Å². The molecule has 128 valence electrons. The van der Waals surface area contributed by atoms with Crippen molar-refractivity contribution in [1.29, 1.82) is 0 Å². The Morgan fingerprint density at radius 3 is 2.83 bits per heavy atom. The van der Waals surface area contributed by atoms with Gasteiger partial charge in [-0.1, -0.05) is 23.4 Å². The third kappa shape index (κ3) is 4.28. The first-order chi connectivity index (χ1) is 11.3. The molecule has 1 aromatic carbocycles. The number of benzene rings is 1. The highest BCUT2D eigenvalue weighted by Crippen LogP contribution is 2.21. The molecular weight excluding hydrogens is 417 g/mol. The Balaban J connectivity index is 0.00000208. The molecule has 6 nitrogen and oxygen atoms in total. The first-order valence-electron chi connectivity index (χ1n) is 7.68. The molecule has 7 heteroatoms. The molecule has 0 aliphatic rings. The first kappa shape index (κ1) is 18.3. The van der Waals surface area contributed by atoms with E-state index in [2.05, 4.69) is 57.0 Å². The summed E-state index contributed by atoms with van der Waals surface area (Å²) in [5, 5.41) is 11.7. The van der Waals surface area contributed by atoms with Crippen molar-refractivity contribution in [1.82, 2.24) is 20.8 Å². The van der Waals surface area contributed by atoms with Crippen molar-refractivity contribution >= 4 is 40.8 Å². The van der Waals surface area contributed by atoms with Gasteiger partial charge in [-0.2, -0.15) is 0 Å². The van der Waals surface area contributed by atoms with Crippen molar-refractivity contribution in [2.75, 3.05) is 13.6 Å². The van der Waals surface area contributed by atoms with Crippen molar-refractivity contribution in [2.24, 2.45) is 4.99 Å². The second-order valence-corrected chi connectivity index (χ2v) is 5.37. The summed E-state index contributed by atoms with van der Waals surface area (Å²) >= 11 is 0. The molecule has 0 saturated carbocycles. The summed E-state index contributed by atoms with van der Waals surface area (Å²) in [5.74, 6) is 0.755. The van der Waals surface area contributed by atoms with Crippen molar-refractivity contribution < 1.29 is 4.52 Å². The van der Waals surface area contributed by atoms with E-state index >= 15 is 0 Å². The van der Waals surface area contributed by atoms with Gasteiger partial charge in [0.25, 0.3) is 0 Å². The van der Waals surface area contributed by atoms with Crippen LogP contribution in [0, 0.1) is 6.92 Å². The molecule has 0 radical (unpaired) electrons. The van der Waals surface area contributed by atoms with Crippen LogP contribution >= 0.6 is 24.0 Å². The maximum atomic E-state index is 4.81. The van der Waals surface area contributed by atoms with Crippen LogP contribution in [-0.4, -0.2) is 29.7 Å². The molecule has 0 amide bonds. The largest absolute Gasteiger partial charge is 0.364 e. The molecule has 24 heavy (non-hydrogen) atoms. The highest BCUT2D eigenvalue weighted by atomic mass is 127. The number of hydrogen-bond donors (Lipinski definition) is 3. The number of H-pyrrole nitrogens is 1. The van der Waals surface area contributed by atoms with Crippen molar-refractivity contribution in [3.05, 3.63) is 53.5 Å². The zero-order chi connectivity index (χ0) is 16.1. The van der Waals surface area contributed by atoms with Gasteiger partial charge in [0.05, 0.1) is 6.54 Å². The maximum absolute atomic E-state index is 4.81. The van der Waals surface area contributed by atoms with Crippen LogP contribution in [0.25, 0.3) is 10.9 Å². The zero-order valence-electron chi connectivity index (χ0n) is 13.8. The number of para-hydroxylation sites is 1. The molecule has 0 aliphatic heterocycles. The number of fused-ring (bicyclic) bond motifs is 1. The molecule has 3 N–H and O–H groups in total. The molecule has 2 aromatic heterocycles. The van der Waals surface area contributed by atoms with Crippen LogP contribution in [0.4, 0.5) is 0 Å². The summed E-state index contributed by atoms with van der Waals surface area (Å²) in [6.45, 7) is 3.51. The second-order valence-electron chi connectivity index (χ2n) is 5.37. The standard InChI is InChI=1S/C17H21N5O.HI/c1-12-14(15-5-3-4-6-16(15)21-12)7-9-19-17(18-2)20-11-13-8-10-23-22-13;/h3-6,8,10,21H,7,9,11H2,1-2H3,(H2,18,19,20);1H. The SMILES string of the molecule is CN=C(NCCc1c(C)[nH]c2ccccc12)NCc1ccon1.I. The molecule has 0 fully saturated rings. The van der Waals surface area contributed by atoms with Gasteiger partial charge in [-0.15, -0.1) is 24.0 Å². The number of aryl methyl sites for hydroxylation is 1. The average molecular weight is 439 g/mol. The number of nitrogens with zero attached hydrogens (tertiary/aromatic N) is 2. The van der Waals surface area contributed by atoms with Crippen LogP contribution in [0.15, 0.2) is 46.1 Å². The van der Waals surface area contributed by atoms with E-state index in [0.717, 1.165) is 24.6 Å². The Hall–Kier alpha value is -2.03. The molecule has 0 unspecified atom stereocenters. The predicted octanol–water partition coefficient (Wildman–Crippen LogP) is 2.99. The number of aliphatic imine (C=N–C) groups is 1. The lowest BCUT2D eigenvalue weighted by Crippen LogP contribution is -2.37. The van der Waals surface area contributed by atoms with Gasteiger partial charge in [0.1, 0.15) is 12.0 Å². The smallest absolute Gasteiger partial charge is 0.191 e. The number of guanidine groups is 1. The molecule has 0 bridgehead atoms. The van der Waals surface area contributed by atoms with Gasteiger partial charge in [0, 0.05) is 36.3 Å². The number of hydrogen-bond acceptors (Lipinski definition) is 3. The lowest BCUT2D eigenvalue weighted by molar-refractivity contribution is 0.410. The van der Waals surface area contributed by atoms with Crippen LogP contribution < -0.4 is 10.6 Å². The summed E-state index contributed by atoms with van der Waals surface area (Å²) in [6.07, 6.45) is 2.49. The monoisotopic (exact) mass is 439 g/mol. The van der Waals surface area contributed by atoms with Gasteiger partial charge in [-0.05, 0) is 25.0 Å². The van der Waals surface area contributed by atoms with E-state index in [1.54, 1.807) is 13.3 Å². The quantitative estimate of drug-likeness (QED) is 0.325. The second kappa shape index (κ2) is 8.72. The predicted molar refractivity (Wildman–Crippen MR) is 107 cm³/mol. The summed E-state index contributed by atoms with van der Waals surface area (Å²) in [5.41, 5.74) is 4.60. The van der Waals surface area contributed by atoms with E-state index in [4.69, 9.17) is 4.52 Å². The highest BCUT2D eigenvalue weighted by Gasteiger charge is 2.08. The van der Waals surface area contributed by atoms with Crippen LogP contribution in [-0.2, 0) is 13.0 Å². The molecule has 3 aromatic rings. The minimum Gasteiger partial charge on any atom is -0.364 e. The number of rotatable bonds is 5. The number of aromatic nitrogens is 2. The molecule has 0 atom stereocenters. The third-order valence-corrected chi connectivity index (χ3v) is 3.85. The topological polar surface area (TPSA) is 78.2 Å². The molecule has 0 saturated heterocycles. The Labute approximate surface area is 158 Å². The number of halogens is 1. The average Bonchev–Trinajstić information content (AvgIpc) is 3.18. The molecule has 3 rings (SSSR count). The third-order valence-electron chi connectivity index (χ3n) is 3.85. The molecular formula is C17H22IN5O. The minimum atomic E-state index is 0.